The first-order chi connectivity index (χ1) is 8.92. The number of nitrogens with zero attached hydrogens (tertiary/aromatic N) is 2. The maximum atomic E-state index is 12.0. The molecule has 0 aliphatic heterocycles. The van der Waals surface area contributed by atoms with Gasteiger partial charge in [0.05, 0.1) is 13.1 Å². The van der Waals surface area contributed by atoms with E-state index < -0.39 is 0 Å². The molecule has 5 nitrogen and oxygen atoms in total. The number of amides is 2. The highest BCUT2D eigenvalue weighted by atomic mass is 16.2. The largest absolute Gasteiger partial charge is 0.352 e. The third kappa shape index (κ3) is 6.38. The highest BCUT2D eigenvalue weighted by Gasteiger charge is 2.24. The van der Waals surface area contributed by atoms with Gasteiger partial charge in [-0.05, 0) is 33.7 Å². The van der Waals surface area contributed by atoms with Crippen LogP contribution in [-0.2, 0) is 9.59 Å². The number of hydrogen-bond donors (Lipinski definition) is 1. The summed E-state index contributed by atoms with van der Waals surface area (Å²) >= 11 is 0. The maximum Gasteiger partial charge on any atom is 0.237 e. The van der Waals surface area contributed by atoms with Crippen LogP contribution in [0.1, 0.15) is 26.7 Å². The van der Waals surface area contributed by atoms with Crippen molar-refractivity contribution < 1.29 is 9.59 Å². The minimum Gasteiger partial charge on any atom is -0.352 e. The van der Waals surface area contributed by atoms with Crippen molar-refractivity contribution in [3.63, 3.8) is 0 Å². The molecule has 0 heterocycles. The van der Waals surface area contributed by atoms with Gasteiger partial charge in [0.25, 0.3) is 0 Å². The topological polar surface area (TPSA) is 52.7 Å². The fourth-order valence-electron chi connectivity index (χ4n) is 1.84. The fourth-order valence-corrected chi connectivity index (χ4v) is 1.84. The molecule has 1 aliphatic carbocycles. The van der Waals surface area contributed by atoms with E-state index in [0.717, 1.165) is 18.4 Å². The molecule has 0 unspecified atom stereocenters. The van der Waals surface area contributed by atoms with Crippen molar-refractivity contribution in [3.8, 4) is 0 Å². The zero-order valence-electron chi connectivity index (χ0n) is 12.2. The monoisotopic (exact) mass is 267 g/mol. The molecule has 19 heavy (non-hydrogen) atoms. The Morgan fingerprint density at radius 3 is 2.37 bits per heavy atom. The third-order valence-corrected chi connectivity index (χ3v) is 2.96. The number of nitrogens with one attached hydrogen (secondary N) is 1. The van der Waals surface area contributed by atoms with Crippen LogP contribution in [-0.4, -0.2) is 60.9 Å². The summed E-state index contributed by atoms with van der Waals surface area (Å²) in [5.74, 6) is 0.0352. The number of carbonyl (C=O) groups excluding carboxylic acids is 2. The predicted octanol–water partition coefficient (Wildman–Crippen LogP) is 0.621. The van der Waals surface area contributed by atoms with Crippen molar-refractivity contribution in [1.82, 2.24) is 15.1 Å². The Kier molecular flexibility index (Phi) is 6.02. The van der Waals surface area contributed by atoms with E-state index in [0.29, 0.717) is 19.1 Å². The van der Waals surface area contributed by atoms with Gasteiger partial charge in [0, 0.05) is 19.1 Å². The lowest BCUT2D eigenvalue weighted by Gasteiger charge is -2.24. The second-order valence-corrected chi connectivity index (χ2v) is 5.38. The number of carbonyl (C=O) groups is 2. The van der Waals surface area contributed by atoms with E-state index in [1.165, 1.54) is 0 Å². The molecule has 0 radical (unpaired) electrons. The average Bonchev–Trinajstić information content (AvgIpc) is 3.08. The van der Waals surface area contributed by atoms with Gasteiger partial charge in [-0.25, -0.2) is 0 Å². The highest BCUT2D eigenvalue weighted by Crippen LogP contribution is 2.18. The summed E-state index contributed by atoms with van der Waals surface area (Å²) in [6.07, 6.45) is 2.16. The lowest BCUT2D eigenvalue weighted by atomic mass is 10.3. The summed E-state index contributed by atoms with van der Waals surface area (Å²) in [6.45, 7) is 9.45. The Morgan fingerprint density at radius 2 is 1.89 bits per heavy atom. The smallest absolute Gasteiger partial charge is 0.237 e. The lowest BCUT2D eigenvalue weighted by molar-refractivity contribution is -0.132. The predicted molar refractivity (Wildman–Crippen MR) is 75.7 cm³/mol. The first-order valence-corrected chi connectivity index (χ1v) is 6.82. The molecule has 0 spiro atoms. The van der Waals surface area contributed by atoms with Crippen molar-refractivity contribution in [2.24, 2.45) is 0 Å². The molecule has 0 aromatic heterocycles. The quantitative estimate of drug-likeness (QED) is 0.656. The van der Waals surface area contributed by atoms with E-state index in [1.54, 1.807) is 16.8 Å². The molecule has 1 saturated carbocycles. The van der Waals surface area contributed by atoms with Crippen LogP contribution in [0.15, 0.2) is 12.2 Å². The molecule has 0 saturated heterocycles. The van der Waals surface area contributed by atoms with Crippen molar-refractivity contribution in [3.05, 3.63) is 12.2 Å². The SMILES string of the molecule is C=C(C)CN(CC)C(=O)CN(C)CC(=O)NC1CC1. The van der Waals surface area contributed by atoms with Crippen molar-refractivity contribution in [2.75, 3.05) is 33.2 Å². The van der Waals surface area contributed by atoms with E-state index in [2.05, 4.69) is 11.9 Å². The molecule has 1 fully saturated rings. The van der Waals surface area contributed by atoms with Crippen LogP contribution in [0.3, 0.4) is 0 Å². The van der Waals surface area contributed by atoms with Crippen LogP contribution in [0.4, 0.5) is 0 Å². The molecule has 108 valence electrons. The van der Waals surface area contributed by atoms with Crippen LogP contribution in [0.25, 0.3) is 0 Å². The van der Waals surface area contributed by atoms with Crippen LogP contribution in [0.5, 0.6) is 0 Å². The van der Waals surface area contributed by atoms with Crippen molar-refractivity contribution in [1.29, 1.82) is 0 Å². The fraction of sp³-hybridized carbons (Fsp3) is 0.714. The van der Waals surface area contributed by atoms with Gasteiger partial charge in [-0.2, -0.15) is 0 Å². The summed E-state index contributed by atoms with van der Waals surface area (Å²) in [5, 5.41) is 2.91. The molecule has 0 aromatic rings. The highest BCUT2D eigenvalue weighted by molar-refractivity contribution is 5.81. The number of likely N-dealkylation sites (N-methyl/N-ethyl adjacent to an activating group) is 2. The summed E-state index contributed by atoms with van der Waals surface area (Å²) in [5.41, 5.74) is 0.962. The zero-order valence-corrected chi connectivity index (χ0v) is 12.2. The Bertz CT molecular complexity index is 351. The molecule has 1 N–H and O–H groups in total. The van der Waals surface area contributed by atoms with Gasteiger partial charge in [0.2, 0.25) is 11.8 Å². The van der Waals surface area contributed by atoms with Gasteiger partial charge in [0.15, 0.2) is 0 Å². The van der Waals surface area contributed by atoms with Crippen LogP contribution < -0.4 is 5.32 Å². The second-order valence-electron chi connectivity index (χ2n) is 5.38. The molecular formula is C14H25N3O2. The van der Waals surface area contributed by atoms with E-state index in [1.807, 2.05) is 13.8 Å². The minimum atomic E-state index is 0.000694. The van der Waals surface area contributed by atoms with Gasteiger partial charge >= 0.3 is 0 Å². The maximum absolute atomic E-state index is 12.0. The molecule has 1 rings (SSSR count). The van der Waals surface area contributed by atoms with Crippen LogP contribution >= 0.6 is 0 Å². The summed E-state index contributed by atoms with van der Waals surface area (Å²) in [6, 6.07) is 0.368. The summed E-state index contributed by atoms with van der Waals surface area (Å²) in [4.78, 5) is 27.2. The molecule has 0 bridgehead atoms. The normalized spacial score (nSPS) is 14.3. The number of hydrogen-bond acceptors (Lipinski definition) is 3. The molecule has 5 heteroatoms. The van der Waals surface area contributed by atoms with Crippen molar-refractivity contribution >= 4 is 11.8 Å². The first-order valence-electron chi connectivity index (χ1n) is 6.82. The Hall–Kier alpha value is -1.36. The molecule has 0 aromatic carbocycles. The van der Waals surface area contributed by atoms with E-state index >= 15 is 0 Å². The second kappa shape index (κ2) is 7.28. The molecular weight excluding hydrogens is 242 g/mol. The average molecular weight is 267 g/mol. The minimum absolute atomic E-state index is 0.000694. The van der Waals surface area contributed by atoms with Gasteiger partial charge < -0.3 is 10.2 Å². The van der Waals surface area contributed by atoms with Gasteiger partial charge in [-0.1, -0.05) is 12.2 Å². The molecule has 0 atom stereocenters. The lowest BCUT2D eigenvalue weighted by Crippen LogP contribution is -2.43. The number of rotatable bonds is 8. The summed E-state index contributed by atoms with van der Waals surface area (Å²) in [7, 11) is 1.79. The Morgan fingerprint density at radius 1 is 1.26 bits per heavy atom. The van der Waals surface area contributed by atoms with Crippen LogP contribution in [0, 0.1) is 0 Å². The van der Waals surface area contributed by atoms with E-state index in [9.17, 15) is 9.59 Å². The van der Waals surface area contributed by atoms with Gasteiger partial charge in [0.1, 0.15) is 0 Å². The van der Waals surface area contributed by atoms with Gasteiger partial charge in [-0.3, -0.25) is 14.5 Å². The Balaban J connectivity index is 2.32. The molecule has 2 amide bonds. The standard InChI is InChI=1S/C14H25N3O2/c1-5-17(8-11(2)3)14(19)10-16(4)9-13(18)15-12-6-7-12/h12H,2,5-10H2,1,3-4H3,(H,15,18). The van der Waals surface area contributed by atoms with Crippen molar-refractivity contribution in [2.45, 2.75) is 32.7 Å². The van der Waals surface area contributed by atoms with E-state index in [-0.39, 0.29) is 24.9 Å². The zero-order chi connectivity index (χ0) is 14.4. The first kappa shape index (κ1) is 15.7. The molecule has 1 aliphatic rings. The van der Waals surface area contributed by atoms with Gasteiger partial charge in [-0.15, -0.1) is 0 Å². The third-order valence-electron chi connectivity index (χ3n) is 2.96. The Labute approximate surface area is 115 Å². The summed E-state index contributed by atoms with van der Waals surface area (Å²) < 4.78 is 0. The van der Waals surface area contributed by atoms with Crippen LogP contribution in [0.2, 0.25) is 0 Å². The van der Waals surface area contributed by atoms with E-state index in [4.69, 9.17) is 0 Å².